The minimum atomic E-state index is -3.60. The number of rotatable bonds is 4. The van der Waals surface area contributed by atoms with Crippen molar-refractivity contribution >= 4 is 27.5 Å². The molecule has 0 aromatic heterocycles. The molecule has 0 saturated carbocycles. The van der Waals surface area contributed by atoms with Gasteiger partial charge in [-0.2, -0.15) is 0 Å². The van der Waals surface area contributed by atoms with Crippen molar-refractivity contribution in [2.45, 2.75) is 19.8 Å². The Kier molecular flexibility index (Phi) is 4.32. The lowest BCUT2D eigenvalue weighted by Crippen LogP contribution is -2.36. The third kappa shape index (κ3) is 3.81. The molecule has 2 amide bonds. The molecule has 1 atom stereocenters. The second kappa shape index (κ2) is 5.85. The van der Waals surface area contributed by atoms with E-state index in [1.54, 1.807) is 0 Å². The number of anilines is 1. The fourth-order valence-corrected chi connectivity index (χ4v) is 2.84. The predicted molar refractivity (Wildman–Crippen MR) is 79.3 cm³/mol. The summed E-state index contributed by atoms with van der Waals surface area (Å²) in [6.07, 6.45) is 1.85. The lowest BCUT2D eigenvalue weighted by Gasteiger charge is -2.17. The first-order chi connectivity index (χ1) is 9.80. The van der Waals surface area contributed by atoms with Crippen LogP contribution in [0.25, 0.3) is 0 Å². The molecule has 1 unspecified atom stereocenters. The molecule has 0 radical (unpaired) electrons. The van der Waals surface area contributed by atoms with Crippen molar-refractivity contribution in [1.29, 1.82) is 0 Å². The van der Waals surface area contributed by atoms with Gasteiger partial charge >= 0.3 is 0 Å². The highest BCUT2D eigenvalue weighted by Crippen LogP contribution is 2.25. The number of aryl methyl sites for hydroxylation is 1. The molecule has 0 bridgehead atoms. The predicted octanol–water partition coefficient (Wildman–Crippen LogP) is 0.678. The molecule has 1 aromatic carbocycles. The SMILES string of the molecule is CCc1ccc(N2CC(C(=O)NS(C)(=O)=O)CC2=O)cc1. The summed E-state index contributed by atoms with van der Waals surface area (Å²) in [5.41, 5.74) is 1.89. The number of nitrogens with zero attached hydrogens (tertiary/aromatic N) is 1. The third-order valence-corrected chi connectivity index (χ3v) is 4.01. The highest BCUT2D eigenvalue weighted by atomic mass is 32.2. The quantitative estimate of drug-likeness (QED) is 0.886. The summed E-state index contributed by atoms with van der Waals surface area (Å²) >= 11 is 0. The maximum Gasteiger partial charge on any atom is 0.238 e. The van der Waals surface area contributed by atoms with Crippen LogP contribution in [0.4, 0.5) is 5.69 Å². The van der Waals surface area contributed by atoms with Gasteiger partial charge in [0.2, 0.25) is 21.8 Å². The number of carbonyl (C=O) groups excluding carboxylic acids is 2. The van der Waals surface area contributed by atoms with Crippen LogP contribution in [0.5, 0.6) is 0 Å². The van der Waals surface area contributed by atoms with Crippen LogP contribution in [0, 0.1) is 5.92 Å². The van der Waals surface area contributed by atoms with E-state index in [9.17, 15) is 18.0 Å². The molecule has 1 aliphatic heterocycles. The molecule has 114 valence electrons. The number of amides is 2. The van der Waals surface area contributed by atoms with E-state index in [-0.39, 0.29) is 18.9 Å². The molecule has 6 nitrogen and oxygen atoms in total. The number of carbonyl (C=O) groups is 2. The lowest BCUT2D eigenvalue weighted by atomic mass is 10.1. The highest BCUT2D eigenvalue weighted by Gasteiger charge is 2.35. The minimum Gasteiger partial charge on any atom is -0.312 e. The van der Waals surface area contributed by atoms with Gasteiger partial charge in [-0.05, 0) is 24.1 Å². The Hall–Kier alpha value is -1.89. The Balaban J connectivity index is 2.10. The maximum atomic E-state index is 12.0. The fraction of sp³-hybridized carbons (Fsp3) is 0.429. The first-order valence-corrected chi connectivity index (χ1v) is 8.60. The fourth-order valence-electron chi connectivity index (χ4n) is 2.31. The first kappa shape index (κ1) is 15.5. The second-order valence-electron chi connectivity index (χ2n) is 5.16. The topological polar surface area (TPSA) is 83.6 Å². The van der Waals surface area contributed by atoms with Gasteiger partial charge in [0, 0.05) is 18.7 Å². The number of sulfonamides is 1. The molecule has 1 fully saturated rings. The minimum absolute atomic E-state index is 0.0247. The Bertz CT molecular complexity index is 652. The van der Waals surface area contributed by atoms with Crippen LogP contribution in [-0.2, 0) is 26.0 Å². The van der Waals surface area contributed by atoms with Gasteiger partial charge in [-0.1, -0.05) is 19.1 Å². The summed E-state index contributed by atoms with van der Waals surface area (Å²) < 4.78 is 24.1. The van der Waals surface area contributed by atoms with Crippen LogP contribution in [0.15, 0.2) is 24.3 Å². The van der Waals surface area contributed by atoms with Crippen molar-refractivity contribution in [1.82, 2.24) is 4.72 Å². The van der Waals surface area contributed by atoms with Gasteiger partial charge in [0.1, 0.15) is 0 Å². The molecule has 1 aromatic rings. The molecule has 1 N–H and O–H groups in total. The monoisotopic (exact) mass is 310 g/mol. The Morgan fingerprint density at radius 2 is 1.95 bits per heavy atom. The zero-order valence-corrected chi connectivity index (χ0v) is 12.8. The van der Waals surface area contributed by atoms with Crippen LogP contribution in [0.2, 0.25) is 0 Å². The molecule has 0 spiro atoms. The molecular weight excluding hydrogens is 292 g/mol. The van der Waals surface area contributed by atoms with Gasteiger partial charge in [0.25, 0.3) is 0 Å². The number of benzene rings is 1. The average Bonchev–Trinajstić information content (AvgIpc) is 2.79. The summed E-state index contributed by atoms with van der Waals surface area (Å²) in [4.78, 5) is 25.3. The Labute approximate surface area is 124 Å². The van der Waals surface area contributed by atoms with Crippen molar-refractivity contribution < 1.29 is 18.0 Å². The molecule has 21 heavy (non-hydrogen) atoms. The molecule has 1 saturated heterocycles. The molecule has 1 aliphatic rings. The van der Waals surface area contributed by atoms with E-state index in [4.69, 9.17) is 0 Å². The Morgan fingerprint density at radius 1 is 1.33 bits per heavy atom. The van der Waals surface area contributed by atoms with E-state index in [2.05, 4.69) is 0 Å². The van der Waals surface area contributed by atoms with E-state index < -0.39 is 21.8 Å². The molecule has 0 aliphatic carbocycles. The van der Waals surface area contributed by atoms with E-state index in [1.165, 1.54) is 4.90 Å². The molecular formula is C14H18N2O4S. The normalized spacial score (nSPS) is 18.9. The highest BCUT2D eigenvalue weighted by molar-refractivity contribution is 7.89. The van der Waals surface area contributed by atoms with E-state index in [0.717, 1.165) is 23.9 Å². The zero-order chi connectivity index (χ0) is 15.6. The van der Waals surface area contributed by atoms with Crippen molar-refractivity contribution in [2.75, 3.05) is 17.7 Å². The smallest absolute Gasteiger partial charge is 0.238 e. The van der Waals surface area contributed by atoms with Crippen LogP contribution in [-0.4, -0.2) is 33.0 Å². The van der Waals surface area contributed by atoms with Crippen molar-refractivity contribution in [3.05, 3.63) is 29.8 Å². The van der Waals surface area contributed by atoms with E-state index in [1.807, 2.05) is 35.9 Å². The van der Waals surface area contributed by atoms with Gasteiger partial charge in [-0.15, -0.1) is 0 Å². The third-order valence-electron chi connectivity index (χ3n) is 3.44. The van der Waals surface area contributed by atoms with Crippen molar-refractivity contribution in [3.63, 3.8) is 0 Å². The number of hydrogen-bond donors (Lipinski definition) is 1. The van der Waals surface area contributed by atoms with E-state index in [0.29, 0.717) is 0 Å². The maximum absolute atomic E-state index is 12.0. The van der Waals surface area contributed by atoms with Crippen LogP contribution >= 0.6 is 0 Å². The zero-order valence-electron chi connectivity index (χ0n) is 12.0. The summed E-state index contributed by atoms with van der Waals surface area (Å²) in [5, 5.41) is 0. The van der Waals surface area contributed by atoms with Gasteiger partial charge in [-0.3, -0.25) is 14.3 Å². The molecule has 7 heteroatoms. The number of hydrogen-bond acceptors (Lipinski definition) is 4. The Morgan fingerprint density at radius 3 is 2.48 bits per heavy atom. The largest absolute Gasteiger partial charge is 0.312 e. The van der Waals surface area contributed by atoms with Gasteiger partial charge < -0.3 is 4.90 Å². The van der Waals surface area contributed by atoms with Crippen molar-refractivity contribution in [2.24, 2.45) is 5.92 Å². The van der Waals surface area contributed by atoms with Crippen LogP contribution in [0.1, 0.15) is 18.9 Å². The summed E-state index contributed by atoms with van der Waals surface area (Å²) in [6.45, 7) is 2.24. The van der Waals surface area contributed by atoms with Gasteiger partial charge in [0.15, 0.2) is 0 Å². The number of nitrogens with one attached hydrogen (secondary N) is 1. The molecule has 2 rings (SSSR count). The second-order valence-corrected chi connectivity index (χ2v) is 6.91. The average molecular weight is 310 g/mol. The standard InChI is InChI=1S/C14H18N2O4S/c1-3-10-4-6-12(7-5-10)16-9-11(8-13(16)17)14(18)15-21(2,19)20/h4-7,11H,3,8-9H2,1-2H3,(H,15,18). The van der Waals surface area contributed by atoms with Crippen LogP contribution in [0.3, 0.4) is 0 Å². The first-order valence-electron chi connectivity index (χ1n) is 6.71. The molecule has 1 heterocycles. The van der Waals surface area contributed by atoms with Crippen molar-refractivity contribution in [3.8, 4) is 0 Å². The van der Waals surface area contributed by atoms with Crippen LogP contribution < -0.4 is 9.62 Å². The lowest BCUT2D eigenvalue weighted by molar-refractivity contribution is -0.124. The van der Waals surface area contributed by atoms with Gasteiger partial charge in [-0.25, -0.2) is 8.42 Å². The van der Waals surface area contributed by atoms with Gasteiger partial charge in [0.05, 0.1) is 12.2 Å². The summed E-state index contributed by atoms with van der Waals surface area (Å²) in [6, 6.07) is 7.56. The summed E-state index contributed by atoms with van der Waals surface area (Å²) in [7, 11) is -3.60. The van der Waals surface area contributed by atoms with E-state index >= 15 is 0 Å². The summed E-state index contributed by atoms with van der Waals surface area (Å²) in [5.74, 6) is -1.44.